The maximum Gasteiger partial charge on any atom is 0.317 e. The summed E-state index contributed by atoms with van der Waals surface area (Å²) in [6.45, 7) is 0. The number of methoxy groups -OCH3 is 1. The molecule has 0 radical (unpaired) electrons. The molecule has 0 fully saturated rings. The van der Waals surface area contributed by atoms with Gasteiger partial charge in [0.1, 0.15) is 17.9 Å². The van der Waals surface area contributed by atoms with E-state index in [0.29, 0.717) is 5.56 Å². The average molecular weight is 211 g/mol. The Hall–Kier alpha value is -1.60. The van der Waals surface area contributed by atoms with E-state index in [4.69, 9.17) is 11.6 Å². The van der Waals surface area contributed by atoms with Gasteiger partial charge in [-0.15, -0.1) is 0 Å². The molecule has 0 aromatic carbocycles. The number of ether oxygens (including phenoxy) is 1. The van der Waals surface area contributed by atoms with Crippen molar-refractivity contribution in [2.24, 2.45) is 0 Å². The first kappa shape index (κ1) is 10.5. The van der Waals surface area contributed by atoms with E-state index in [1.165, 1.54) is 19.6 Å². The predicted molar refractivity (Wildman–Crippen MR) is 50.6 cm³/mol. The Morgan fingerprint density at radius 3 is 3.14 bits per heavy atom. The SMILES string of the molecule is COC(=O)CC#Cc1cncnc1Cl. The summed E-state index contributed by atoms with van der Waals surface area (Å²) >= 11 is 5.70. The van der Waals surface area contributed by atoms with Crippen molar-refractivity contribution < 1.29 is 9.53 Å². The molecule has 1 aromatic rings. The number of hydrogen-bond donors (Lipinski definition) is 0. The Balaban J connectivity index is 2.68. The van der Waals surface area contributed by atoms with Gasteiger partial charge < -0.3 is 4.74 Å². The summed E-state index contributed by atoms with van der Waals surface area (Å²) in [6, 6.07) is 0. The number of nitrogens with zero attached hydrogens (tertiary/aromatic N) is 2. The van der Waals surface area contributed by atoms with Crippen molar-refractivity contribution in [1.29, 1.82) is 0 Å². The van der Waals surface area contributed by atoms with E-state index < -0.39 is 0 Å². The van der Waals surface area contributed by atoms with Crippen LogP contribution in [0.25, 0.3) is 0 Å². The Kier molecular flexibility index (Phi) is 3.89. The Labute approximate surface area is 86.3 Å². The lowest BCUT2D eigenvalue weighted by molar-refractivity contribution is -0.139. The van der Waals surface area contributed by atoms with E-state index in [1.807, 2.05) is 0 Å². The molecule has 1 heterocycles. The number of aromatic nitrogens is 2. The second-order valence-corrected chi connectivity index (χ2v) is 2.64. The first-order valence-corrected chi connectivity index (χ1v) is 4.13. The molecular weight excluding hydrogens is 204 g/mol. The lowest BCUT2D eigenvalue weighted by Gasteiger charge is -1.91. The van der Waals surface area contributed by atoms with E-state index in [9.17, 15) is 4.79 Å². The van der Waals surface area contributed by atoms with E-state index in [0.717, 1.165) is 0 Å². The summed E-state index contributed by atoms with van der Waals surface area (Å²) < 4.78 is 4.41. The average Bonchev–Trinajstić information content (AvgIpc) is 2.20. The van der Waals surface area contributed by atoms with Crippen LogP contribution in [0, 0.1) is 11.8 Å². The summed E-state index contributed by atoms with van der Waals surface area (Å²) in [5.41, 5.74) is 0.498. The van der Waals surface area contributed by atoms with Crippen LogP contribution in [-0.4, -0.2) is 23.0 Å². The zero-order valence-corrected chi connectivity index (χ0v) is 8.21. The molecule has 4 nitrogen and oxygen atoms in total. The summed E-state index contributed by atoms with van der Waals surface area (Å²) in [4.78, 5) is 18.2. The van der Waals surface area contributed by atoms with E-state index in [1.54, 1.807) is 0 Å². The molecule has 1 rings (SSSR count). The maximum atomic E-state index is 10.7. The van der Waals surface area contributed by atoms with Crippen LogP contribution in [0.5, 0.6) is 0 Å². The van der Waals surface area contributed by atoms with Crippen LogP contribution in [0.2, 0.25) is 5.15 Å². The highest BCUT2D eigenvalue weighted by molar-refractivity contribution is 6.30. The molecule has 0 aliphatic rings. The van der Waals surface area contributed by atoms with Gasteiger partial charge in [-0.1, -0.05) is 23.4 Å². The largest absolute Gasteiger partial charge is 0.468 e. The van der Waals surface area contributed by atoms with E-state index in [-0.39, 0.29) is 17.5 Å². The van der Waals surface area contributed by atoms with E-state index in [2.05, 4.69) is 26.5 Å². The third-order valence-electron chi connectivity index (χ3n) is 1.35. The van der Waals surface area contributed by atoms with E-state index >= 15 is 0 Å². The van der Waals surface area contributed by atoms with Gasteiger partial charge in [0, 0.05) is 6.20 Å². The first-order chi connectivity index (χ1) is 6.74. The molecule has 0 saturated carbocycles. The highest BCUT2D eigenvalue weighted by Crippen LogP contribution is 2.07. The van der Waals surface area contributed by atoms with Crippen LogP contribution in [0.15, 0.2) is 12.5 Å². The van der Waals surface area contributed by atoms with Gasteiger partial charge in [0.05, 0.1) is 12.7 Å². The van der Waals surface area contributed by atoms with Gasteiger partial charge in [-0.3, -0.25) is 4.79 Å². The topological polar surface area (TPSA) is 52.1 Å². The third kappa shape index (κ3) is 3.04. The van der Waals surface area contributed by atoms with Crippen molar-refractivity contribution in [3.05, 3.63) is 23.2 Å². The molecule has 0 atom stereocenters. The normalized spacial score (nSPS) is 8.71. The van der Waals surface area contributed by atoms with Crippen LogP contribution in [0.3, 0.4) is 0 Å². The summed E-state index contributed by atoms with van der Waals surface area (Å²) in [5.74, 6) is 4.89. The minimum Gasteiger partial charge on any atom is -0.468 e. The summed E-state index contributed by atoms with van der Waals surface area (Å²) in [6.07, 6.45) is 2.84. The Morgan fingerprint density at radius 1 is 1.71 bits per heavy atom. The summed E-state index contributed by atoms with van der Waals surface area (Å²) in [5, 5.41) is 0.275. The monoisotopic (exact) mass is 210 g/mol. The lowest BCUT2D eigenvalue weighted by atomic mass is 10.3. The lowest BCUT2D eigenvalue weighted by Crippen LogP contribution is -1.97. The van der Waals surface area contributed by atoms with Crippen molar-refractivity contribution in [1.82, 2.24) is 9.97 Å². The van der Waals surface area contributed by atoms with Gasteiger partial charge in [0.2, 0.25) is 0 Å². The van der Waals surface area contributed by atoms with Crippen molar-refractivity contribution in [2.45, 2.75) is 6.42 Å². The zero-order valence-electron chi connectivity index (χ0n) is 7.45. The molecule has 0 saturated heterocycles. The van der Waals surface area contributed by atoms with Crippen LogP contribution in [0.1, 0.15) is 12.0 Å². The number of carbonyl (C=O) groups is 1. The van der Waals surface area contributed by atoms with Gasteiger partial charge in [0.25, 0.3) is 0 Å². The van der Waals surface area contributed by atoms with Gasteiger partial charge in [-0.05, 0) is 0 Å². The first-order valence-electron chi connectivity index (χ1n) is 3.75. The zero-order chi connectivity index (χ0) is 10.4. The molecule has 14 heavy (non-hydrogen) atoms. The van der Waals surface area contributed by atoms with Crippen molar-refractivity contribution in [2.75, 3.05) is 7.11 Å². The smallest absolute Gasteiger partial charge is 0.317 e. The van der Waals surface area contributed by atoms with Gasteiger partial charge in [-0.2, -0.15) is 0 Å². The molecule has 0 aliphatic carbocycles. The Bertz CT molecular complexity index is 395. The molecule has 0 aliphatic heterocycles. The summed E-state index contributed by atoms with van der Waals surface area (Å²) in [7, 11) is 1.31. The quantitative estimate of drug-likeness (QED) is 0.395. The van der Waals surface area contributed by atoms with Crippen molar-refractivity contribution in [3.63, 3.8) is 0 Å². The van der Waals surface area contributed by atoms with Crippen LogP contribution in [0.4, 0.5) is 0 Å². The standard InChI is InChI=1S/C9H7ClN2O2/c1-14-8(13)4-2-3-7-5-11-6-12-9(7)10/h5-6H,4H2,1H3. The molecular formula is C9H7ClN2O2. The number of carbonyl (C=O) groups excluding carboxylic acids is 1. The molecule has 1 aromatic heterocycles. The number of hydrogen-bond acceptors (Lipinski definition) is 4. The van der Waals surface area contributed by atoms with Gasteiger partial charge in [0.15, 0.2) is 0 Å². The molecule has 0 N–H and O–H groups in total. The number of rotatable bonds is 1. The Morgan fingerprint density at radius 2 is 2.50 bits per heavy atom. The minimum atomic E-state index is -0.384. The molecule has 0 spiro atoms. The highest BCUT2D eigenvalue weighted by Gasteiger charge is 1.97. The highest BCUT2D eigenvalue weighted by atomic mass is 35.5. The van der Waals surface area contributed by atoms with Gasteiger partial charge >= 0.3 is 5.97 Å². The fourth-order valence-electron chi connectivity index (χ4n) is 0.682. The predicted octanol–water partition coefficient (Wildman–Crippen LogP) is 1.04. The third-order valence-corrected chi connectivity index (χ3v) is 1.65. The van der Waals surface area contributed by atoms with Crippen LogP contribution in [-0.2, 0) is 9.53 Å². The molecule has 0 amide bonds. The van der Waals surface area contributed by atoms with Crippen LogP contribution < -0.4 is 0 Å². The van der Waals surface area contributed by atoms with Gasteiger partial charge in [-0.25, -0.2) is 9.97 Å². The minimum absolute atomic E-state index is 0.0295. The molecule has 72 valence electrons. The molecule has 0 unspecified atom stereocenters. The maximum absolute atomic E-state index is 10.7. The fourth-order valence-corrected chi connectivity index (χ4v) is 0.822. The number of halogens is 1. The second kappa shape index (κ2) is 5.20. The second-order valence-electron chi connectivity index (χ2n) is 2.28. The molecule has 5 heteroatoms. The number of esters is 1. The van der Waals surface area contributed by atoms with Crippen molar-refractivity contribution >= 4 is 17.6 Å². The molecule has 0 bridgehead atoms. The van der Waals surface area contributed by atoms with Crippen LogP contribution >= 0.6 is 11.6 Å². The van der Waals surface area contributed by atoms with Crippen molar-refractivity contribution in [3.8, 4) is 11.8 Å². The fraction of sp³-hybridized carbons (Fsp3) is 0.222.